The van der Waals surface area contributed by atoms with Crippen LogP contribution in [0.15, 0.2) is 18.2 Å². The van der Waals surface area contributed by atoms with Crippen LogP contribution in [0.2, 0.25) is 0 Å². The van der Waals surface area contributed by atoms with Gasteiger partial charge in [-0.1, -0.05) is 0 Å². The summed E-state index contributed by atoms with van der Waals surface area (Å²) in [7, 11) is 0. The van der Waals surface area contributed by atoms with Crippen LogP contribution in [0.1, 0.15) is 18.4 Å². The third-order valence-electron chi connectivity index (χ3n) is 4.08. The van der Waals surface area contributed by atoms with E-state index in [1.54, 1.807) is 12.1 Å². The van der Waals surface area contributed by atoms with Gasteiger partial charge in [0.25, 0.3) is 5.54 Å². The van der Waals surface area contributed by atoms with Crippen molar-refractivity contribution >= 4 is 29.1 Å². The van der Waals surface area contributed by atoms with E-state index in [4.69, 9.17) is 29.3 Å². The average molecular weight is 334 g/mol. The van der Waals surface area contributed by atoms with Crippen molar-refractivity contribution in [3.8, 4) is 0 Å². The first kappa shape index (κ1) is 15.5. The maximum absolute atomic E-state index is 14.3. The lowest BCUT2D eigenvalue weighted by atomic mass is 10.0. The minimum atomic E-state index is -0.711. The number of ether oxygens (including phenoxy) is 1. The van der Waals surface area contributed by atoms with E-state index in [9.17, 15) is 9.18 Å². The first-order valence-corrected chi connectivity index (χ1v) is 7.56. The van der Waals surface area contributed by atoms with E-state index >= 15 is 0 Å². The second-order valence-corrected chi connectivity index (χ2v) is 6.11. The van der Waals surface area contributed by atoms with Crippen LogP contribution in [0.5, 0.6) is 0 Å². The van der Waals surface area contributed by atoms with Crippen LogP contribution in [0.3, 0.4) is 0 Å². The number of thiocarbonyl (C=S) groups is 1. The van der Waals surface area contributed by atoms with E-state index in [2.05, 4.69) is 10.2 Å². The van der Waals surface area contributed by atoms with Crippen molar-refractivity contribution in [3.63, 3.8) is 0 Å². The highest BCUT2D eigenvalue weighted by Crippen LogP contribution is 2.50. The van der Waals surface area contributed by atoms with E-state index in [0.717, 1.165) is 0 Å². The Morgan fingerprint density at radius 1 is 1.61 bits per heavy atom. The van der Waals surface area contributed by atoms with Gasteiger partial charge in [0.2, 0.25) is 0 Å². The molecular weight excluding hydrogens is 319 g/mol. The van der Waals surface area contributed by atoms with E-state index in [1.165, 1.54) is 11.0 Å². The number of nitrogens with zero attached hydrogens (tertiary/aromatic N) is 2. The van der Waals surface area contributed by atoms with E-state index in [-0.39, 0.29) is 11.7 Å². The Morgan fingerprint density at radius 2 is 2.35 bits per heavy atom. The molecule has 2 fully saturated rings. The molecule has 1 heterocycles. The number of amides is 1. The lowest BCUT2D eigenvalue weighted by Crippen LogP contribution is -2.37. The molecule has 1 aromatic rings. The molecule has 6 nitrogen and oxygen atoms in total. The SMILES string of the molecule is [C-]#[N+]C1(c2ccc(N3CC(CNC(N)=S)OC3=O)cc2F)CC1. The van der Waals surface area contributed by atoms with Gasteiger partial charge in [-0.15, -0.1) is 0 Å². The van der Waals surface area contributed by atoms with Crippen molar-refractivity contribution in [1.82, 2.24) is 5.32 Å². The Balaban J connectivity index is 1.75. The first-order chi connectivity index (χ1) is 10.9. The van der Waals surface area contributed by atoms with Gasteiger partial charge >= 0.3 is 6.09 Å². The predicted octanol–water partition coefficient (Wildman–Crippen LogP) is 1.89. The van der Waals surface area contributed by atoms with Gasteiger partial charge in [-0.25, -0.2) is 15.8 Å². The number of hydrogen-bond donors (Lipinski definition) is 2. The van der Waals surface area contributed by atoms with Crippen molar-refractivity contribution in [2.75, 3.05) is 18.0 Å². The molecule has 3 N–H and O–H groups in total. The van der Waals surface area contributed by atoms with Crippen molar-refractivity contribution in [3.05, 3.63) is 41.0 Å². The number of halogens is 1. The summed E-state index contributed by atoms with van der Waals surface area (Å²) in [6.45, 7) is 7.79. The van der Waals surface area contributed by atoms with Gasteiger partial charge in [0.1, 0.15) is 11.9 Å². The van der Waals surface area contributed by atoms with Gasteiger partial charge in [0.15, 0.2) is 5.11 Å². The fraction of sp³-hybridized carbons (Fsp3) is 0.400. The molecule has 2 aliphatic rings. The first-order valence-electron chi connectivity index (χ1n) is 7.15. The van der Waals surface area contributed by atoms with Crippen LogP contribution in [0.4, 0.5) is 14.9 Å². The van der Waals surface area contributed by atoms with Gasteiger partial charge in [0, 0.05) is 12.8 Å². The minimum absolute atomic E-state index is 0.128. The van der Waals surface area contributed by atoms with Crippen LogP contribution in [-0.2, 0) is 10.3 Å². The molecule has 0 spiro atoms. The summed E-state index contributed by atoms with van der Waals surface area (Å²) < 4.78 is 19.5. The highest BCUT2D eigenvalue weighted by Gasteiger charge is 2.54. The van der Waals surface area contributed by atoms with Crippen molar-refractivity contribution < 1.29 is 13.9 Å². The number of benzene rings is 1. The molecule has 8 heteroatoms. The van der Waals surface area contributed by atoms with Crippen molar-refractivity contribution in [1.29, 1.82) is 0 Å². The number of anilines is 1. The quantitative estimate of drug-likeness (QED) is 0.650. The summed E-state index contributed by atoms with van der Waals surface area (Å²) in [5, 5.41) is 2.86. The van der Waals surface area contributed by atoms with Gasteiger partial charge < -0.3 is 20.6 Å². The zero-order valence-corrected chi connectivity index (χ0v) is 13.0. The molecule has 1 amide bonds. The van der Waals surface area contributed by atoms with E-state index in [1.807, 2.05) is 0 Å². The normalized spacial score (nSPS) is 21.5. The topological polar surface area (TPSA) is 71.9 Å². The molecule has 1 saturated carbocycles. The molecule has 120 valence electrons. The molecule has 1 saturated heterocycles. The molecule has 1 aromatic carbocycles. The molecule has 0 aromatic heterocycles. The third kappa shape index (κ3) is 2.92. The fourth-order valence-corrected chi connectivity index (χ4v) is 2.75. The van der Waals surface area contributed by atoms with Crippen LogP contribution in [-0.4, -0.2) is 30.4 Å². The van der Waals surface area contributed by atoms with E-state index in [0.29, 0.717) is 30.6 Å². The van der Waals surface area contributed by atoms with Crippen LogP contribution < -0.4 is 16.0 Å². The highest BCUT2D eigenvalue weighted by atomic mass is 32.1. The molecule has 3 rings (SSSR count). The van der Waals surface area contributed by atoms with Crippen molar-refractivity contribution in [2.24, 2.45) is 5.73 Å². The smallest absolute Gasteiger partial charge is 0.414 e. The molecule has 0 radical (unpaired) electrons. The summed E-state index contributed by atoms with van der Waals surface area (Å²) in [6, 6.07) is 4.52. The molecule has 0 bridgehead atoms. The lowest BCUT2D eigenvalue weighted by molar-refractivity contribution is 0.143. The van der Waals surface area contributed by atoms with Gasteiger partial charge in [0.05, 0.1) is 24.3 Å². The molecule has 1 aliphatic heterocycles. The second kappa shape index (κ2) is 5.66. The predicted molar refractivity (Wildman–Crippen MR) is 86.3 cm³/mol. The number of hydrogen-bond acceptors (Lipinski definition) is 3. The number of nitrogens with one attached hydrogen (secondary N) is 1. The monoisotopic (exact) mass is 334 g/mol. The van der Waals surface area contributed by atoms with Crippen LogP contribution in [0, 0.1) is 12.4 Å². The molecule has 1 aliphatic carbocycles. The van der Waals surface area contributed by atoms with Gasteiger partial charge in [-0.05, 0) is 30.4 Å². The maximum Gasteiger partial charge on any atom is 0.414 e. The standard InChI is InChI=1S/C15H15FN4O2S/c1-18-15(4-5-15)11-3-2-9(6-12(11)16)20-8-10(22-14(20)21)7-19-13(17)23/h2-3,6,10H,4-5,7-8H2,(H3,17,19,23). The number of rotatable bonds is 4. The number of carbonyl (C=O) groups excluding carboxylic acids is 1. The zero-order chi connectivity index (χ0) is 16.6. The third-order valence-corrected chi connectivity index (χ3v) is 4.23. The summed E-state index contributed by atoms with van der Waals surface area (Å²) in [4.78, 5) is 16.8. The highest BCUT2D eigenvalue weighted by molar-refractivity contribution is 7.80. The summed E-state index contributed by atoms with van der Waals surface area (Å²) in [5.74, 6) is -0.464. The van der Waals surface area contributed by atoms with Crippen molar-refractivity contribution in [2.45, 2.75) is 24.5 Å². The van der Waals surface area contributed by atoms with Crippen LogP contribution >= 0.6 is 12.2 Å². The summed E-state index contributed by atoms with van der Waals surface area (Å²) in [5.41, 5.74) is 5.44. The lowest BCUT2D eigenvalue weighted by Gasteiger charge is -2.14. The molecule has 1 atom stereocenters. The molecule has 1 unspecified atom stereocenters. The second-order valence-electron chi connectivity index (χ2n) is 5.67. The van der Waals surface area contributed by atoms with Gasteiger partial charge in [-0.3, -0.25) is 4.90 Å². The molecular formula is C15H15FN4O2S. The Kier molecular flexibility index (Phi) is 3.82. The number of cyclic esters (lactones) is 1. The maximum atomic E-state index is 14.3. The zero-order valence-electron chi connectivity index (χ0n) is 12.2. The van der Waals surface area contributed by atoms with Gasteiger partial charge in [-0.2, -0.15) is 0 Å². The molecule has 23 heavy (non-hydrogen) atoms. The largest absolute Gasteiger partial charge is 0.442 e. The Morgan fingerprint density at radius 3 is 2.91 bits per heavy atom. The fourth-order valence-electron chi connectivity index (χ4n) is 2.66. The number of carbonyl (C=O) groups is 1. The Bertz CT molecular complexity index is 714. The minimum Gasteiger partial charge on any atom is -0.442 e. The van der Waals surface area contributed by atoms with Crippen LogP contribution in [0.25, 0.3) is 4.85 Å². The average Bonchev–Trinajstić information content (AvgIpc) is 3.22. The van der Waals surface area contributed by atoms with E-state index < -0.39 is 23.6 Å². The Hall–Kier alpha value is -2.40. The number of nitrogens with two attached hydrogens (primary N) is 1. The Labute approximate surface area is 138 Å². The summed E-state index contributed by atoms with van der Waals surface area (Å²) in [6.07, 6.45) is 0.388. The summed E-state index contributed by atoms with van der Waals surface area (Å²) >= 11 is 4.70.